The fourth-order valence-corrected chi connectivity index (χ4v) is 4.48. The minimum atomic E-state index is -5.16. The van der Waals surface area contributed by atoms with Gasteiger partial charge in [-0.1, -0.05) is 11.6 Å². The summed E-state index contributed by atoms with van der Waals surface area (Å²) >= 11 is 5.75. The van der Waals surface area contributed by atoms with Crippen molar-refractivity contribution in [3.05, 3.63) is 40.9 Å². The SMILES string of the molecule is O=C(NCC1CCCO1)c1cc(OC(F)(F)F)cc(NS(=O)(=O)c2cc(Cl)ccc2O)c1O. The molecule has 1 unspecified atom stereocenters. The average Bonchev–Trinajstić information content (AvgIpc) is 3.22. The molecule has 3 rings (SSSR count). The number of benzene rings is 2. The number of hydrogen-bond acceptors (Lipinski definition) is 7. The van der Waals surface area contributed by atoms with Gasteiger partial charge in [0, 0.05) is 24.2 Å². The number of aromatic hydroxyl groups is 2. The zero-order valence-corrected chi connectivity index (χ0v) is 18.2. The molecule has 1 saturated heterocycles. The van der Waals surface area contributed by atoms with Crippen LogP contribution in [0.4, 0.5) is 18.9 Å². The summed E-state index contributed by atoms with van der Waals surface area (Å²) in [5.74, 6) is -3.61. The fraction of sp³-hybridized carbons (Fsp3) is 0.316. The molecule has 14 heteroatoms. The molecular formula is C19H18ClF3N2O7S. The lowest BCUT2D eigenvalue weighted by Gasteiger charge is -2.17. The number of sulfonamides is 1. The van der Waals surface area contributed by atoms with Gasteiger partial charge in [-0.25, -0.2) is 8.42 Å². The van der Waals surface area contributed by atoms with Crippen molar-refractivity contribution in [3.63, 3.8) is 0 Å². The Morgan fingerprint density at radius 2 is 1.97 bits per heavy atom. The standard InChI is InChI=1S/C19H18ClF3N2O7S/c20-10-3-4-15(26)16(6-10)33(29,30)25-14-8-12(32-19(21,22)23)7-13(17(14)27)18(28)24-9-11-2-1-5-31-11/h3-4,6-8,11,25-27H,1-2,5,9H2,(H,24,28). The molecule has 0 aliphatic carbocycles. The lowest BCUT2D eigenvalue weighted by molar-refractivity contribution is -0.274. The molecule has 1 aliphatic rings. The Morgan fingerprint density at radius 1 is 1.24 bits per heavy atom. The highest BCUT2D eigenvalue weighted by atomic mass is 35.5. The van der Waals surface area contributed by atoms with E-state index in [1.807, 2.05) is 4.72 Å². The van der Waals surface area contributed by atoms with Crippen LogP contribution in [0.2, 0.25) is 5.02 Å². The monoisotopic (exact) mass is 510 g/mol. The van der Waals surface area contributed by atoms with Crippen LogP contribution in [0.5, 0.6) is 17.2 Å². The molecule has 1 heterocycles. The van der Waals surface area contributed by atoms with Crippen LogP contribution in [-0.2, 0) is 14.8 Å². The van der Waals surface area contributed by atoms with Crippen LogP contribution in [0.25, 0.3) is 0 Å². The van der Waals surface area contributed by atoms with Gasteiger partial charge in [0.2, 0.25) is 0 Å². The first-order chi connectivity index (χ1) is 15.4. The highest BCUT2D eigenvalue weighted by Gasteiger charge is 2.33. The van der Waals surface area contributed by atoms with E-state index in [2.05, 4.69) is 10.1 Å². The number of phenolic OH excluding ortho intramolecular Hbond substituents is 2. The van der Waals surface area contributed by atoms with E-state index in [9.17, 15) is 36.6 Å². The molecule has 0 spiro atoms. The molecule has 33 heavy (non-hydrogen) atoms. The molecule has 0 saturated carbocycles. The van der Waals surface area contributed by atoms with Crippen molar-refractivity contribution in [3.8, 4) is 17.2 Å². The summed E-state index contributed by atoms with van der Waals surface area (Å²) in [6, 6.07) is 4.24. The van der Waals surface area contributed by atoms with Gasteiger partial charge in [-0.05, 0) is 37.1 Å². The molecule has 2 aromatic rings. The maximum atomic E-state index is 12.8. The largest absolute Gasteiger partial charge is 0.573 e. The van der Waals surface area contributed by atoms with Crippen LogP contribution in [0.1, 0.15) is 23.2 Å². The molecule has 4 N–H and O–H groups in total. The molecule has 0 aromatic heterocycles. The van der Waals surface area contributed by atoms with Gasteiger partial charge in [-0.3, -0.25) is 9.52 Å². The van der Waals surface area contributed by atoms with Crippen LogP contribution < -0.4 is 14.8 Å². The second kappa shape index (κ2) is 9.53. The van der Waals surface area contributed by atoms with Crippen LogP contribution in [-0.4, -0.2) is 50.2 Å². The summed E-state index contributed by atoms with van der Waals surface area (Å²) in [5.41, 5.74) is -1.47. The van der Waals surface area contributed by atoms with Crippen molar-refractivity contribution in [2.45, 2.75) is 30.2 Å². The van der Waals surface area contributed by atoms with Gasteiger partial charge in [0.1, 0.15) is 16.4 Å². The topological polar surface area (TPSA) is 134 Å². The van der Waals surface area contributed by atoms with E-state index in [1.165, 1.54) is 6.07 Å². The Bertz CT molecular complexity index is 1150. The van der Waals surface area contributed by atoms with Gasteiger partial charge in [-0.15, -0.1) is 13.2 Å². The number of ether oxygens (including phenoxy) is 2. The summed E-state index contributed by atoms with van der Waals surface area (Å²) in [4.78, 5) is 11.8. The highest BCUT2D eigenvalue weighted by Crippen LogP contribution is 2.37. The van der Waals surface area contributed by atoms with E-state index >= 15 is 0 Å². The molecule has 2 aromatic carbocycles. The lowest BCUT2D eigenvalue weighted by atomic mass is 10.1. The Balaban J connectivity index is 1.97. The second-order valence-electron chi connectivity index (χ2n) is 6.98. The number of anilines is 1. The summed E-state index contributed by atoms with van der Waals surface area (Å²) in [6.07, 6.45) is -4.01. The number of phenols is 2. The Kier molecular flexibility index (Phi) is 7.14. The number of halogens is 4. The van der Waals surface area contributed by atoms with E-state index in [0.717, 1.165) is 18.6 Å². The highest BCUT2D eigenvalue weighted by molar-refractivity contribution is 7.92. The first kappa shape index (κ1) is 24.7. The molecule has 1 amide bonds. The molecule has 1 fully saturated rings. The third-order valence-electron chi connectivity index (χ3n) is 4.53. The normalized spacial score (nSPS) is 16.4. The van der Waals surface area contributed by atoms with Gasteiger partial charge < -0.3 is 25.0 Å². The number of rotatable bonds is 7. The van der Waals surface area contributed by atoms with Gasteiger partial charge in [0.15, 0.2) is 5.75 Å². The van der Waals surface area contributed by atoms with Gasteiger partial charge >= 0.3 is 6.36 Å². The zero-order valence-electron chi connectivity index (χ0n) is 16.6. The number of alkyl halides is 3. The van der Waals surface area contributed by atoms with Crippen molar-refractivity contribution in [2.24, 2.45) is 0 Å². The van der Waals surface area contributed by atoms with Crippen molar-refractivity contribution >= 4 is 33.2 Å². The molecule has 1 aliphatic heterocycles. The van der Waals surface area contributed by atoms with Gasteiger partial charge in [0.25, 0.3) is 15.9 Å². The average molecular weight is 511 g/mol. The van der Waals surface area contributed by atoms with E-state index in [-0.39, 0.29) is 17.7 Å². The van der Waals surface area contributed by atoms with Crippen LogP contribution >= 0.6 is 11.6 Å². The third kappa shape index (κ3) is 6.33. The van der Waals surface area contributed by atoms with E-state index in [0.29, 0.717) is 25.2 Å². The van der Waals surface area contributed by atoms with E-state index in [4.69, 9.17) is 16.3 Å². The number of hydrogen-bond donors (Lipinski definition) is 4. The van der Waals surface area contributed by atoms with Crippen LogP contribution in [0.15, 0.2) is 35.2 Å². The molecule has 0 bridgehead atoms. The Morgan fingerprint density at radius 3 is 2.61 bits per heavy atom. The quantitative estimate of drug-likeness (QED) is 0.420. The minimum Gasteiger partial charge on any atom is -0.507 e. The predicted molar refractivity (Wildman–Crippen MR) is 110 cm³/mol. The number of carbonyl (C=O) groups is 1. The smallest absolute Gasteiger partial charge is 0.507 e. The Labute approximate surface area is 191 Å². The third-order valence-corrected chi connectivity index (χ3v) is 6.16. The van der Waals surface area contributed by atoms with Crippen molar-refractivity contribution < 1.29 is 46.1 Å². The molecule has 1 atom stereocenters. The summed E-state index contributed by atoms with van der Waals surface area (Å²) in [6.45, 7) is 0.531. The lowest BCUT2D eigenvalue weighted by Crippen LogP contribution is -2.32. The number of nitrogens with one attached hydrogen (secondary N) is 2. The fourth-order valence-electron chi connectivity index (χ4n) is 3.06. The van der Waals surface area contributed by atoms with Crippen LogP contribution in [0, 0.1) is 0 Å². The van der Waals surface area contributed by atoms with Gasteiger partial charge in [-0.2, -0.15) is 0 Å². The van der Waals surface area contributed by atoms with Crippen LogP contribution in [0.3, 0.4) is 0 Å². The Hall–Kier alpha value is -2.90. The van der Waals surface area contributed by atoms with E-state index < -0.39 is 55.7 Å². The molecule has 180 valence electrons. The minimum absolute atomic E-state index is 0.0279. The zero-order chi connectivity index (χ0) is 24.4. The van der Waals surface area contributed by atoms with Crippen molar-refractivity contribution in [2.75, 3.05) is 17.9 Å². The van der Waals surface area contributed by atoms with Gasteiger partial charge in [0.05, 0.1) is 17.4 Å². The summed E-state index contributed by atoms with van der Waals surface area (Å²) in [7, 11) is -4.65. The summed E-state index contributed by atoms with van der Waals surface area (Å²) in [5, 5.41) is 22.7. The molecular weight excluding hydrogens is 493 g/mol. The predicted octanol–water partition coefficient (Wildman–Crippen LogP) is 3.36. The van der Waals surface area contributed by atoms with E-state index in [1.54, 1.807) is 0 Å². The molecule has 0 radical (unpaired) electrons. The first-order valence-corrected chi connectivity index (χ1v) is 11.3. The maximum Gasteiger partial charge on any atom is 0.573 e. The second-order valence-corrected chi connectivity index (χ2v) is 9.06. The van der Waals surface area contributed by atoms with Crippen molar-refractivity contribution in [1.29, 1.82) is 0 Å². The molecule has 9 nitrogen and oxygen atoms in total. The first-order valence-electron chi connectivity index (χ1n) is 9.39. The number of amides is 1. The van der Waals surface area contributed by atoms with Crippen molar-refractivity contribution in [1.82, 2.24) is 5.32 Å². The maximum absolute atomic E-state index is 12.8. The summed E-state index contributed by atoms with van der Waals surface area (Å²) < 4.78 is 74.7. The number of carbonyl (C=O) groups excluding carboxylic acids is 1.